The van der Waals surface area contributed by atoms with Crippen molar-refractivity contribution in [1.29, 1.82) is 0 Å². The van der Waals surface area contributed by atoms with Crippen LogP contribution in [0.2, 0.25) is 0 Å². The number of hydrogen-bond acceptors (Lipinski definition) is 3. The first kappa shape index (κ1) is 15.2. The van der Waals surface area contributed by atoms with Crippen LogP contribution in [0.3, 0.4) is 0 Å². The van der Waals surface area contributed by atoms with E-state index in [1.165, 1.54) is 0 Å². The number of carbonyl (C=O) groups is 2. The van der Waals surface area contributed by atoms with Crippen LogP contribution in [-0.4, -0.2) is 46.7 Å². The summed E-state index contributed by atoms with van der Waals surface area (Å²) in [6.45, 7) is 1.49. The van der Waals surface area contributed by atoms with Gasteiger partial charge in [0.15, 0.2) is 0 Å². The number of phenols is 1. The third kappa shape index (κ3) is 4.37. The fourth-order valence-corrected chi connectivity index (χ4v) is 2.42. The van der Waals surface area contributed by atoms with Gasteiger partial charge in [0.1, 0.15) is 5.75 Å². The van der Waals surface area contributed by atoms with Crippen molar-refractivity contribution < 1.29 is 19.8 Å². The quantitative estimate of drug-likeness (QED) is 0.783. The maximum Gasteiger partial charge on any atom is 0.317 e. The van der Waals surface area contributed by atoms with Crippen LogP contribution < -0.4 is 5.32 Å². The molecule has 0 radical (unpaired) electrons. The highest BCUT2D eigenvalue weighted by molar-refractivity contribution is 5.75. The SMILES string of the molecule is O=C(O)C1CCN(C(=O)NCCc2ccc(O)cc2)CC1. The number of nitrogens with one attached hydrogen (secondary N) is 1. The number of benzene rings is 1. The molecule has 6 heteroatoms. The summed E-state index contributed by atoms with van der Waals surface area (Å²) in [4.78, 5) is 24.5. The fourth-order valence-electron chi connectivity index (χ4n) is 2.42. The largest absolute Gasteiger partial charge is 0.508 e. The van der Waals surface area contributed by atoms with Gasteiger partial charge in [-0.2, -0.15) is 0 Å². The number of aliphatic carboxylic acids is 1. The van der Waals surface area contributed by atoms with E-state index in [2.05, 4.69) is 5.32 Å². The van der Waals surface area contributed by atoms with E-state index >= 15 is 0 Å². The van der Waals surface area contributed by atoms with E-state index in [1.807, 2.05) is 12.1 Å². The number of phenolic OH excluding ortho intramolecular Hbond substituents is 1. The van der Waals surface area contributed by atoms with Crippen molar-refractivity contribution in [3.05, 3.63) is 29.8 Å². The molecule has 0 atom stereocenters. The Morgan fingerprint density at radius 3 is 2.38 bits per heavy atom. The summed E-state index contributed by atoms with van der Waals surface area (Å²) < 4.78 is 0. The normalized spacial score (nSPS) is 15.7. The lowest BCUT2D eigenvalue weighted by molar-refractivity contribution is -0.143. The van der Waals surface area contributed by atoms with Gasteiger partial charge in [-0.3, -0.25) is 4.79 Å². The Kier molecular flexibility index (Phi) is 5.03. The van der Waals surface area contributed by atoms with Crippen LogP contribution in [-0.2, 0) is 11.2 Å². The molecule has 2 amide bonds. The van der Waals surface area contributed by atoms with Crippen molar-refractivity contribution >= 4 is 12.0 Å². The molecule has 1 heterocycles. The van der Waals surface area contributed by atoms with E-state index in [0.29, 0.717) is 38.9 Å². The highest BCUT2D eigenvalue weighted by Crippen LogP contribution is 2.17. The molecule has 6 nitrogen and oxygen atoms in total. The summed E-state index contributed by atoms with van der Waals surface area (Å²) in [5.41, 5.74) is 1.04. The van der Waals surface area contributed by atoms with Crippen molar-refractivity contribution in [1.82, 2.24) is 10.2 Å². The van der Waals surface area contributed by atoms with Crippen molar-refractivity contribution in [2.45, 2.75) is 19.3 Å². The Bertz CT molecular complexity index is 493. The van der Waals surface area contributed by atoms with E-state index in [0.717, 1.165) is 5.56 Å². The predicted octanol–water partition coefficient (Wildman–Crippen LogP) is 1.44. The first-order valence-electron chi connectivity index (χ1n) is 7.10. The molecule has 1 saturated heterocycles. The van der Waals surface area contributed by atoms with E-state index in [-0.39, 0.29) is 17.7 Å². The molecule has 0 aromatic heterocycles. The zero-order valence-electron chi connectivity index (χ0n) is 11.8. The number of likely N-dealkylation sites (tertiary alicyclic amines) is 1. The van der Waals surface area contributed by atoms with Gasteiger partial charge in [-0.15, -0.1) is 0 Å². The molecule has 21 heavy (non-hydrogen) atoms. The van der Waals surface area contributed by atoms with Gasteiger partial charge in [0.2, 0.25) is 0 Å². The van der Waals surface area contributed by atoms with Gasteiger partial charge in [-0.25, -0.2) is 4.79 Å². The number of carboxylic acids is 1. The minimum atomic E-state index is -0.776. The Morgan fingerprint density at radius 2 is 1.81 bits per heavy atom. The van der Waals surface area contributed by atoms with Crippen molar-refractivity contribution in [2.75, 3.05) is 19.6 Å². The number of piperidine rings is 1. The second-order valence-corrected chi connectivity index (χ2v) is 5.25. The fraction of sp³-hybridized carbons (Fsp3) is 0.467. The number of aromatic hydroxyl groups is 1. The van der Waals surface area contributed by atoms with Gasteiger partial charge >= 0.3 is 12.0 Å². The Balaban J connectivity index is 1.70. The van der Waals surface area contributed by atoms with Gasteiger partial charge < -0.3 is 20.4 Å². The van der Waals surface area contributed by atoms with Crippen LogP contribution >= 0.6 is 0 Å². The molecular formula is C15H20N2O4. The van der Waals surface area contributed by atoms with Crippen molar-refractivity contribution in [3.63, 3.8) is 0 Å². The van der Waals surface area contributed by atoms with Crippen LogP contribution in [0.4, 0.5) is 4.79 Å². The lowest BCUT2D eigenvalue weighted by Crippen LogP contribution is -2.45. The van der Waals surface area contributed by atoms with E-state index in [9.17, 15) is 14.7 Å². The van der Waals surface area contributed by atoms with Gasteiger partial charge in [-0.05, 0) is 37.0 Å². The molecule has 0 aliphatic carbocycles. The smallest absolute Gasteiger partial charge is 0.317 e. The van der Waals surface area contributed by atoms with E-state index < -0.39 is 5.97 Å². The van der Waals surface area contributed by atoms with E-state index in [4.69, 9.17) is 5.11 Å². The topological polar surface area (TPSA) is 89.9 Å². The minimum Gasteiger partial charge on any atom is -0.508 e. The summed E-state index contributed by atoms with van der Waals surface area (Å²) in [5, 5.41) is 20.9. The molecule has 0 bridgehead atoms. The molecule has 1 aliphatic heterocycles. The summed E-state index contributed by atoms with van der Waals surface area (Å²) in [5.74, 6) is -0.877. The molecular weight excluding hydrogens is 272 g/mol. The summed E-state index contributed by atoms with van der Waals surface area (Å²) in [6.07, 6.45) is 1.72. The van der Waals surface area contributed by atoms with Crippen LogP contribution in [0.5, 0.6) is 5.75 Å². The number of amides is 2. The average molecular weight is 292 g/mol. The number of nitrogens with zero attached hydrogens (tertiary/aromatic N) is 1. The molecule has 1 aromatic rings. The average Bonchev–Trinajstić information content (AvgIpc) is 2.49. The predicted molar refractivity (Wildman–Crippen MR) is 77.1 cm³/mol. The Morgan fingerprint density at radius 1 is 1.19 bits per heavy atom. The highest BCUT2D eigenvalue weighted by Gasteiger charge is 2.26. The molecule has 0 saturated carbocycles. The Hall–Kier alpha value is -2.24. The van der Waals surface area contributed by atoms with E-state index in [1.54, 1.807) is 17.0 Å². The molecule has 2 rings (SSSR count). The first-order valence-corrected chi connectivity index (χ1v) is 7.10. The number of hydrogen-bond donors (Lipinski definition) is 3. The summed E-state index contributed by atoms with van der Waals surface area (Å²) in [6, 6.07) is 6.74. The lowest BCUT2D eigenvalue weighted by Gasteiger charge is -2.30. The number of carbonyl (C=O) groups excluding carboxylic acids is 1. The van der Waals surface area contributed by atoms with Gasteiger partial charge in [-0.1, -0.05) is 12.1 Å². The molecule has 1 fully saturated rings. The monoisotopic (exact) mass is 292 g/mol. The molecule has 1 aromatic carbocycles. The third-order valence-electron chi connectivity index (χ3n) is 3.76. The second kappa shape index (κ2) is 6.97. The molecule has 3 N–H and O–H groups in total. The van der Waals surface area contributed by atoms with Crippen LogP contribution in [0, 0.1) is 5.92 Å². The first-order chi connectivity index (χ1) is 10.1. The van der Waals surface area contributed by atoms with Gasteiger partial charge in [0.05, 0.1) is 5.92 Å². The summed E-state index contributed by atoms with van der Waals surface area (Å²) >= 11 is 0. The maximum atomic E-state index is 11.9. The number of urea groups is 1. The van der Waals surface area contributed by atoms with Gasteiger partial charge in [0.25, 0.3) is 0 Å². The minimum absolute atomic E-state index is 0.141. The molecule has 1 aliphatic rings. The lowest BCUT2D eigenvalue weighted by atomic mass is 9.97. The molecule has 114 valence electrons. The van der Waals surface area contributed by atoms with Crippen molar-refractivity contribution in [2.24, 2.45) is 5.92 Å². The zero-order chi connectivity index (χ0) is 15.2. The highest BCUT2D eigenvalue weighted by atomic mass is 16.4. The molecule has 0 spiro atoms. The van der Waals surface area contributed by atoms with Crippen LogP contribution in [0.15, 0.2) is 24.3 Å². The maximum absolute atomic E-state index is 11.9. The second-order valence-electron chi connectivity index (χ2n) is 5.25. The van der Waals surface area contributed by atoms with Crippen LogP contribution in [0.1, 0.15) is 18.4 Å². The number of carboxylic acid groups (broad SMARTS) is 1. The number of rotatable bonds is 4. The van der Waals surface area contributed by atoms with Crippen LogP contribution in [0.25, 0.3) is 0 Å². The van der Waals surface area contributed by atoms with Gasteiger partial charge in [0, 0.05) is 19.6 Å². The third-order valence-corrected chi connectivity index (χ3v) is 3.76. The summed E-state index contributed by atoms with van der Waals surface area (Å²) in [7, 11) is 0. The van der Waals surface area contributed by atoms with Crippen molar-refractivity contribution in [3.8, 4) is 5.75 Å². The standard InChI is InChI=1S/C15H20N2O4/c18-13-3-1-11(2-4-13)5-8-16-15(21)17-9-6-12(7-10-17)14(19)20/h1-4,12,18H,5-10H2,(H,16,21)(H,19,20). The zero-order valence-corrected chi connectivity index (χ0v) is 11.8. The molecule has 0 unspecified atom stereocenters. The Labute approximate surface area is 123 Å².